The number of fused-ring (bicyclic) bond motifs is 2. The highest BCUT2D eigenvalue weighted by Crippen LogP contribution is 2.32. The fourth-order valence-corrected chi connectivity index (χ4v) is 9.42. The number of anilines is 4. The van der Waals surface area contributed by atoms with Gasteiger partial charge in [0.15, 0.2) is 11.6 Å². The maximum atomic E-state index is 14.8. The molecule has 3 N–H and O–H groups in total. The van der Waals surface area contributed by atoms with Crippen molar-refractivity contribution in [1.82, 2.24) is 69.5 Å². The second kappa shape index (κ2) is 21.4. The first-order valence-corrected chi connectivity index (χ1v) is 24.2. The molecule has 0 spiro atoms. The summed E-state index contributed by atoms with van der Waals surface area (Å²) in [4.78, 5) is 33.6. The summed E-state index contributed by atoms with van der Waals surface area (Å²) in [5, 5.41) is 20.7. The molecule has 2 aromatic carbocycles. The van der Waals surface area contributed by atoms with Gasteiger partial charge in [-0.15, -0.1) is 0 Å². The van der Waals surface area contributed by atoms with Crippen molar-refractivity contribution >= 4 is 45.3 Å². The Bertz CT molecular complexity index is 3040. The van der Waals surface area contributed by atoms with Gasteiger partial charge < -0.3 is 20.9 Å². The van der Waals surface area contributed by atoms with Crippen LogP contribution in [0.3, 0.4) is 0 Å². The van der Waals surface area contributed by atoms with Gasteiger partial charge in [0.2, 0.25) is 11.9 Å². The summed E-state index contributed by atoms with van der Waals surface area (Å²) in [5.74, 6) is 1.48. The molecule has 2 saturated heterocycles. The van der Waals surface area contributed by atoms with E-state index in [0.717, 1.165) is 116 Å². The summed E-state index contributed by atoms with van der Waals surface area (Å²) in [7, 11) is 3.87. The molecule has 0 bridgehead atoms. The van der Waals surface area contributed by atoms with Gasteiger partial charge in [-0.25, -0.2) is 38.7 Å². The van der Waals surface area contributed by atoms with Crippen molar-refractivity contribution in [3.63, 3.8) is 0 Å². The molecule has 2 fully saturated rings. The second-order valence-electron chi connectivity index (χ2n) is 18.7. The average Bonchev–Trinajstić information content (AvgIpc) is 3.89. The highest BCUT2D eigenvalue weighted by atomic mass is 19.1. The minimum Gasteiger partial charge on any atom is -0.314 e. The molecular weight excluding hydrogens is 887 g/mol. The summed E-state index contributed by atoms with van der Waals surface area (Å²) in [6.45, 7) is 22.1. The van der Waals surface area contributed by atoms with Gasteiger partial charge in [-0.05, 0) is 65.9 Å². The van der Waals surface area contributed by atoms with Crippen LogP contribution in [0.4, 0.5) is 32.3 Å². The molecule has 0 unspecified atom stereocenters. The maximum Gasteiger partial charge on any atom is 0.229 e. The molecule has 10 rings (SSSR count). The fourth-order valence-electron chi connectivity index (χ4n) is 9.42. The zero-order chi connectivity index (χ0) is 48.9. The summed E-state index contributed by atoms with van der Waals surface area (Å²) < 4.78 is 33.3. The van der Waals surface area contributed by atoms with E-state index in [1.165, 1.54) is 12.4 Å². The third-order valence-corrected chi connectivity index (χ3v) is 12.9. The number of likely N-dealkylation sites (N-methyl/N-ethyl adjacent to an activating group) is 1. The first-order chi connectivity index (χ1) is 33.9. The quantitative estimate of drug-likeness (QED) is 0.101. The van der Waals surface area contributed by atoms with Crippen LogP contribution in [0.1, 0.15) is 69.0 Å². The van der Waals surface area contributed by atoms with E-state index in [0.29, 0.717) is 40.6 Å². The number of benzene rings is 2. The van der Waals surface area contributed by atoms with Gasteiger partial charge in [-0.3, -0.25) is 19.2 Å². The molecule has 8 aromatic rings. The van der Waals surface area contributed by atoms with Crippen molar-refractivity contribution in [2.45, 2.75) is 59.5 Å². The van der Waals surface area contributed by atoms with Gasteiger partial charge >= 0.3 is 0 Å². The summed E-state index contributed by atoms with van der Waals surface area (Å²) in [5.41, 5.74) is 8.16. The van der Waals surface area contributed by atoms with Gasteiger partial charge in [0.1, 0.15) is 23.0 Å². The molecule has 2 aliphatic heterocycles. The lowest BCUT2D eigenvalue weighted by Crippen LogP contribution is -2.45. The molecule has 6 aromatic heterocycles. The Balaban J connectivity index is 0.000000174. The molecule has 0 atom stereocenters. The minimum atomic E-state index is -0.473. The highest BCUT2D eigenvalue weighted by Gasteiger charge is 2.20. The largest absolute Gasteiger partial charge is 0.314 e. The lowest BCUT2D eigenvalue weighted by Gasteiger charge is -2.33. The molecule has 16 nitrogen and oxygen atoms in total. The van der Waals surface area contributed by atoms with Gasteiger partial charge in [-0.1, -0.05) is 58.9 Å². The van der Waals surface area contributed by atoms with E-state index in [4.69, 9.17) is 0 Å². The zero-order valence-electron chi connectivity index (χ0n) is 41.1. The molecule has 18 heteroatoms. The smallest absolute Gasteiger partial charge is 0.229 e. The molecule has 0 radical (unpaired) electrons. The van der Waals surface area contributed by atoms with E-state index in [9.17, 15) is 8.78 Å². The normalized spacial score (nSPS) is 15.0. The first-order valence-electron chi connectivity index (χ1n) is 24.2. The number of hydrogen-bond acceptors (Lipinski definition) is 14. The third kappa shape index (κ3) is 11.1. The van der Waals surface area contributed by atoms with Gasteiger partial charge in [0.05, 0.1) is 23.4 Å². The molecule has 70 heavy (non-hydrogen) atoms. The molecule has 0 amide bonds. The molecule has 0 aliphatic carbocycles. The van der Waals surface area contributed by atoms with E-state index < -0.39 is 11.6 Å². The number of piperazine rings is 2. The predicted octanol–water partition coefficient (Wildman–Crippen LogP) is 8.41. The van der Waals surface area contributed by atoms with Crippen LogP contribution in [-0.2, 0) is 27.2 Å². The lowest BCUT2D eigenvalue weighted by atomic mass is 10.0. The number of aryl methyl sites for hydroxylation is 2. The maximum absolute atomic E-state index is 14.8. The van der Waals surface area contributed by atoms with Gasteiger partial charge in [-0.2, -0.15) is 10.2 Å². The molecule has 0 saturated carbocycles. The van der Waals surface area contributed by atoms with E-state index in [1.54, 1.807) is 0 Å². The standard InChI is InChI=1S/C27H33FN8.C25H29FN8/c1-5-35-10-12-36(13-11-35)17-19-6-9-24(29-15-19)31-27-30-16-22(28)25(32-27)20-7-8-23-21(14-20)26(18(2)3)34(4)33-23;1-16(2)24-19-12-18(5-6-21(19)32-33(24)3)23-20(26)14-29-25(31-23)30-22-7-4-17(13-28-22)15-34-10-8-27-9-11-34/h6-9,14-16,18H,5,10-13,17H2,1-4H3,(H,29,30,31,32);4-7,12-14,16,27H,8-11,15H2,1-3H3,(H,28,29,30,31). The van der Waals surface area contributed by atoms with Crippen molar-refractivity contribution < 1.29 is 8.78 Å². The van der Waals surface area contributed by atoms with Crippen molar-refractivity contribution in [2.24, 2.45) is 14.1 Å². The summed E-state index contributed by atoms with van der Waals surface area (Å²) in [6.07, 6.45) is 6.13. The Morgan fingerprint density at radius 3 is 1.41 bits per heavy atom. The fraction of sp³-hybridized carbons (Fsp3) is 0.385. The monoisotopic (exact) mass is 949 g/mol. The van der Waals surface area contributed by atoms with E-state index in [2.05, 4.69) is 111 Å². The number of rotatable bonds is 13. The lowest BCUT2D eigenvalue weighted by molar-refractivity contribution is 0.132. The van der Waals surface area contributed by atoms with Crippen molar-refractivity contribution in [3.05, 3.63) is 120 Å². The van der Waals surface area contributed by atoms with Crippen molar-refractivity contribution in [3.8, 4) is 22.5 Å². The second-order valence-corrected chi connectivity index (χ2v) is 18.7. The average molecular weight is 949 g/mol. The number of nitrogens with zero attached hydrogens (tertiary/aromatic N) is 13. The summed E-state index contributed by atoms with van der Waals surface area (Å²) >= 11 is 0. The Kier molecular flexibility index (Phi) is 14.7. The first kappa shape index (κ1) is 48.2. The number of aromatic nitrogens is 10. The van der Waals surface area contributed by atoms with E-state index in [-0.39, 0.29) is 17.3 Å². The van der Waals surface area contributed by atoms with Crippen molar-refractivity contribution in [2.75, 3.05) is 69.5 Å². The molecule has 2 aliphatic rings. The number of nitrogens with one attached hydrogen (secondary N) is 3. The molecular formula is C52H62F2N16. The number of halogens is 2. The topological polar surface area (TPSA) is 159 Å². The Morgan fingerprint density at radius 1 is 0.557 bits per heavy atom. The number of pyridine rings is 2. The molecule has 364 valence electrons. The van der Waals surface area contributed by atoms with Crippen LogP contribution in [0.25, 0.3) is 44.3 Å². The van der Waals surface area contributed by atoms with Crippen LogP contribution in [0.5, 0.6) is 0 Å². The number of hydrogen-bond donors (Lipinski definition) is 3. The Labute approximate surface area is 407 Å². The SMILES string of the molecule is CC(C)c1c2cc(-c3nc(Nc4ccc(CN5CCNCC5)cn4)ncc3F)ccc2nn1C.CCN1CCN(Cc2ccc(Nc3ncc(F)c(-c4ccc5nn(C)c(C(C)C)c5c4)n3)nc2)CC1. The predicted molar refractivity (Wildman–Crippen MR) is 272 cm³/mol. The Morgan fingerprint density at radius 2 is 1.00 bits per heavy atom. The van der Waals surface area contributed by atoms with Crippen molar-refractivity contribution in [1.29, 1.82) is 0 Å². The molecule has 8 heterocycles. The Hall–Kier alpha value is -6.86. The third-order valence-electron chi connectivity index (χ3n) is 12.9. The van der Waals surface area contributed by atoms with E-state index >= 15 is 0 Å². The van der Waals surface area contributed by atoms with Crippen LogP contribution >= 0.6 is 0 Å². The highest BCUT2D eigenvalue weighted by molar-refractivity contribution is 5.88. The van der Waals surface area contributed by atoms with Crippen LogP contribution in [0.2, 0.25) is 0 Å². The van der Waals surface area contributed by atoms with Crippen LogP contribution in [0, 0.1) is 11.6 Å². The van der Waals surface area contributed by atoms with Crippen LogP contribution < -0.4 is 16.0 Å². The van der Waals surface area contributed by atoms with Gasteiger partial charge in [0.25, 0.3) is 0 Å². The zero-order valence-corrected chi connectivity index (χ0v) is 41.1. The van der Waals surface area contributed by atoms with Crippen LogP contribution in [0.15, 0.2) is 85.5 Å². The van der Waals surface area contributed by atoms with Crippen LogP contribution in [-0.4, -0.2) is 123 Å². The summed E-state index contributed by atoms with van der Waals surface area (Å²) in [6, 6.07) is 19.4. The van der Waals surface area contributed by atoms with Gasteiger partial charge in [0, 0.05) is 125 Å². The van der Waals surface area contributed by atoms with E-state index in [1.807, 2.05) is 90.4 Å². The minimum absolute atomic E-state index is 0.244.